The van der Waals surface area contributed by atoms with Crippen molar-refractivity contribution >= 4 is 34.7 Å². The van der Waals surface area contributed by atoms with Crippen molar-refractivity contribution in [1.82, 2.24) is 14.7 Å². The van der Waals surface area contributed by atoms with Gasteiger partial charge in [0.25, 0.3) is 0 Å². The largest absolute Gasteiger partial charge is 0.466 e. The van der Waals surface area contributed by atoms with Crippen molar-refractivity contribution in [2.45, 2.75) is 38.9 Å². The minimum Gasteiger partial charge on any atom is -0.466 e. The number of carbonyl (C=O) groups excluding carboxylic acids is 3. The van der Waals surface area contributed by atoms with Crippen LogP contribution in [-0.2, 0) is 25.3 Å². The standard InChI is InChI=1S/C25H27F3N4O4S/c1-4-19-21(23(35)36-3)22(16-5-7-17(8-6-16)25(26,27)28)32-18(14-37-24(32)29-19)13-20(34)31-11-9-30(10-12-31)15(2)33/h5-8,14,22H,4,9-13H2,1-3H3/t22-/m1/s1. The van der Waals surface area contributed by atoms with E-state index in [1.165, 1.54) is 37.9 Å². The Kier molecular flexibility index (Phi) is 7.67. The van der Waals surface area contributed by atoms with E-state index in [-0.39, 0.29) is 23.8 Å². The Bertz CT molecular complexity index is 1190. The number of carbonyl (C=O) groups is 3. The van der Waals surface area contributed by atoms with Gasteiger partial charge in [0.2, 0.25) is 11.8 Å². The van der Waals surface area contributed by atoms with Gasteiger partial charge < -0.3 is 19.4 Å². The Balaban J connectivity index is 1.65. The predicted molar refractivity (Wildman–Crippen MR) is 132 cm³/mol. The number of ether oxygens (including phenoxy) is 1. The van der Waals surface area contributed by atoms with Gasteiger partial charge in [-0.05, 0) is 29.5 Å². The molecule has 0 aliphatic carbocycles. The van der Waals surface area contributed by atoms with Crippen LogP contribution in [0, 0.1) is 0 Å². The summed E-state index contributed by atoms with van der Waals surface area (Å²) >= 11 is 1.30. The van der Waals surface area contributed by atoms with Gasteiger partial charge in [0, 0.05) is 38.8 Å². The highest BCUT2D eigenvalue weighted by molar-refractivity contribution is 8.16. The van der Waals surface area contributed by atoms with Gasteiger partial charge in [-0.3, -0.25) is 9.59 Å². The molecular formula is C25H27F3N4O4S. The van der Waals surface area contributed by atoms with Crippen molar-refractivity contribution in [3.05, 3.63) is 57.8 Å². The second-order valence-corrected chi connectivity index (χ2v) is 9.62. The number of aliphatic imine (C=N–C) groups is 1. The molecule has 1 saturated heterocycles. The number of thioether (sulfide) groups is 1. The van der Waals surface area contributed by atoms with Gasteiger partial charge in [-0.2, -0.15) is 13.2 Å². The zero-order valence-corrected chi connectivity index (χ0v) is 21.5. The van der Waals surface area contributed by atoms with E-state index < -0.39 is 23.8 Å². The van der Waals surface area contributed by atoms with Crippen LogP contribution in [0.5, 0.6) is 0 Å². The molecule has 1 atom stereocenters. The molecule has 2 amide bonds. The van der Waals surface area contributed by atoms with Gasteiger partial charge >= 0.3 is 12.1 Å². The fourth-order valence-electron chi connectivity index (χ4n) is 4.62. The van der Waals surface area contributed by atoms with Crippen LogP contribution >= 0.6 is 11.8 Å². The molecule has 3 aliphatic rings. The summed E-state index contributed by atoms with van der Waals surface area (Å²) in [7, 11) is 1.24. The number of alkyl halides is 3. The van der Waals surface area contributed by atoms with E-state index in [4.69, 9.17) is 4.74 Å². The first kappa shape index (κ1) is 26.8. The van der Waals surface area contributed by atoms with Gasteiger partial charge in [0.1, 0.15) is 0 Å². The minimum atomic E-state index is -4.50. The van der Waals surface area contributed by atoms with Crippen LogP contribution in [0.2, 0.25) is 0 Å². The average Bonchev–Trinajstić information content (AvgIpc) is 3.28. The number of methoxy groups -OCH3 is 1. The number of halogens is 3. The molecule has 0 spiro atoms. The van der Waals surface area contributed by atoms with Crippen molar-refractivity contribution in [3.63, 3.8) is 0 Å². The molecule has 8 nitrogen and oxygen atoms in total. The maximum atomic E-state index is 13.2. The summed E-state index contributed by atoms with van der Waals surface area (Å²) in [5.74, 6) is -0.816. The quantitative estimate of drug-likeness (QED) is 0.531. The second-order valence-electron chi connectivity index (χ2n) is 8.78. The maximum Gasteiger partial charge on any atom is 0.416 e. The predicted octanol–water partition coefficient (Wildman–Crippen LogP) is 3.92. The van der Waals surface area contributed by atoms with E-state index in [2.05, 4.69) is 4.99 Å². The number of benzene rings is 1. The molecule has 0 N–H and O–H groups in total. The molecule has 198 valence electrons. The molecule has 37 heavy (non-hydrogen) atoms. The van der Waals surface area contributed by atoms with Crippen molar-refractivity contribution in [2.24, 2.45) is 4.99 Å². The van der Waals surface area contributed by atoms with Crippen LogP contribution < -0.4 is 0 Å². The third-order valence-corrected chi connectivity index (χ3v) is 7.48. The molecule has 3 aliphatic heterocycles. The number of hydrogen-bond acceptors (Lipinski definition) is 7. The lowest BCUT2D eigenvalue weighted by molar-refractivity contribution is -0.138. The number of amidine groups is 1. The lowest BCUT2D eigenvalue weighted by Gasteiger charge is -2.38. The highest BCUT2D eigenvalue weighted by Crippen LogP contribution is 2.46. The summed E-state index contributed by atoms with van der Waals surface area (Å²) in [6.45, 7) is 5.06. The molecule has 1 aromatic rings. The summed E-state index contributed by atoms with van der Waals surface area (Å²) in [6.07, 6.45) is -4.08. The first-order valence-corrected chi connectivity index (χ1v) is 12.7. The third-order valence-electron chi connectivity index (χ3n) is 6.59. The zero-order chi connectivity index (χ0) is 26.9. The van der Waals surface area contributed by atoms with Gasteiger partial charge in [0.15, 0.2) is 5.17 Å². The third kappa shape index (κ3) is 5.39. The first-order chi connectivity index (χ1) is 17.5. The van der Waals surface area contributed by atoms with Gasteiger partial charge in [-0.25, -0.2) is 9.79 Å². The molecule has 3 heterocycles. The van der Waals surface area contributed by atoms with Crippen molar-refractivity contribution < 1.29 is 32.3 Å². The van der Waals surface area contributed by atoms with Crippen LogP contribution in [-0.4, -0.2) is 70.9 Å². The average molecular weight is 537 g/mol. The smallest absolute Gasteiger partial charge is 0.416 e. The summed E-state index contributed by atoms with van der Waals surface area (Å²) in [5, 5.41) is 2.33. The van der Waals surface area contributed by atoms with Crippen LogP contribution in [0.1, 0.15) is 43.9 Å². The van der Waals surface area contributed by atoms with Crippen molar-refractivity contribution in [3.8, 4) is 0 Å². The Morgan fingerprint density at radius 1 is 1.08 bits per heavy atom. The van der Waals surface area contributed by atoms with Gasteiger partial charge in [0.05, 0.1) is 36.4 Å². The van der Waals surface area contributed by atoms with Crippen LogP contribution in [0.3, 0.4) is 0 Å². The van der Waals surface area contributed by atoms with E-state index >= 15 is 0 Å². The van der Waals surface area contributed by atoms with Crippen molar-refractivity contribution in [2.75, 3.05) is 33.3 Å². The summed E-state index contributed by atoms with van der Waals surface area (Å²) in [6, 6.07) is 3.84. The molecule has 0 unspecified atom stereocenters. The molecule has 0 bridgehead atoms. The number of rotatable bonds is 5. The van der Waals surface area contributed by atoms with Gasteiger partial charge in [-0.1, -0.05) is 30.8 Å². The van der Waals surface area contributed by atoms with E-state index in [0.717, 1.165) is 12.1 Å². The number of allylic oxidation sites excluding steroid dienone is 1. The maximum absolute atomic E-state index is 13.2. The number of fused-ring (bicyclic) bond motifs is 1. The second kappa shape index (κ2) is 10.6. The van der Waals surface area contributed by atoms with E-state index in [1.807, 2.05) is 6.92 Å². The summed E-state index contributed by atoms with van der Waals surface area (Å²) < 4.78 is 44.7. The summed E-state index contributed by atoms with van der Waals surface area (Å²) in [5.41, 5.74) is 0.944. The topological polar surface area (TPSA) is 82.5 Å². The molecule has 1 aromatic carbocycles. The molecular weight excluding hydrogens is 509 g/mol. The molecule has 0 aromatic heterocycles. The first-order valence-electron chi connectivity index (χ1n) is 11.8. The highest BCUT2D eigenvalue weighted by atomic mass is 32.2. The van der Waals surface area contributed by atoms with E-state index in [9.17, 15) is 27.6 Å². The number of nitrogens with zero attached hydrogens (tertiary/aromatic N) is 4. The van der Waals surface area contributed by atoms with Crippen LogP contribution in [0.15, 0.2) is 51.6 Å². The highest BCUT2D eigenvalue weighted by Gasteiger charge is 2.42. The number of amides is 2. The Morgan fingerprint density at radius 3 is 2.24 bits per heavy atom. The normalized spacial score (nSPS) is 19.9. The fraction of sp³-hybridized carbons (Fsp3) is 0.440. The van der Waals surface area contributed by atoms with E-state index in [0.29, 0.717) is 54.7 Å². The Morgan fingerprint density at radius 2 is 1.70 bits per heavy atom. The number of esters is 1. The lowest BCUT2D eigenvalue weighted by atomic mass is 9.92. The summed E-state index contributed by atoms with van der Waals surface area (Å²) in [4.78, 5) is 47.4. The van der Waals surface area contributed by atoms with Gasteiger partial charge in [-0.15, -0.1) is 0 Å². The molecule has 0 radical (unpaired) electrons. The van der Waals surface area contributed by atoms with Crippen LogP contribution in [0.25, 0.3) is 0 Å². The van der Waals surface area contributed by atoms with Crippen molar-refractivity contribution in [1.29, 1.82) is 0 Å². The Labute approximate surface area is 216 Å². The van der Waals surface area contributed by atoms with Crippen LogP contribution in [0.4, 0.5) is 13.2 Å². The Hall–Kier alpha value is -3.28. The molecule has 4 rings (SSSR count). The zero-order valence-electron chi connectivity index (χ0n) is 20.7. The SMILES string of the molecule is CCC1=C(C(=O)OC)[C@@H](c2ccc(C(F)(F)F)cc2)N2C(CC(=O)N3CCN(C(C)=O)CC3)=CSC2=N1. The molecule has 1 fully saturated rings. The minimum absolute atomic E-state index is 0.0130. The molecule has 12 heteroatoms. The monoisotopic (exact) mass is 536 g/mol. The fourth-order valence-corrected chi connectivity index (χ4v) is 5.56. The number of piperazine rings is 1. The van der Waals surface area contributed by atoms with E-state index in [1.54, 1.807) is 20.1 Å². The molecule has 0 saturated carbocycles. The number of hydrogen-bond donors (Lipinski definition) is 0. The lowest BCUT2D eigenvalue weighted by Crippen LogP contribution is -2.50.